The molecule has 0 fully saturated rings. The summed E-state index contributed by atoms with van der Waals surface area (Å²) in [6, 6.07) is 38.7. The van der Waals surface area contributed by atoms with Crippen molar-refractivity contribution < 1.29 is 26.6 Å². The highest BCUT2D eigenvalue weighted by Gasteiger charge is 2.39. The van der Waals surface area contributed by atoms with E-state index in [2.05, 4.69) is 91.0 Å². The molecule has 3 aromatic rings. The second-order valence-corrected chi connectivity index (χ2v) is 25.8. The van der Waals surface area contributed by atoms with Crippen molar-refractivity contribution in [3.05, 3.63) is 91.0 Å². The third kappa shape index (κ3) is 10.6. The predicted octanol–water partition coefficient (Wildman–Crippen LogP) is 6.48. The largest absolute Gasteiger partial charge is 0.394 e. The molecule has 0 aliphatic carbocycles. The Hall–Kier alpha value is -1.71. The molecule has 0 saturated heterocycles. The van der Waals surface area contributed by atoms with Gasteiger partial charge in [-0.05, 0) is 33.7 Å². The minimum atomic E-state index is -2.41. The zero-order valence-electron chi connectivity index (χ0n) is 29.2. The van der Waals surface area contributed by atoms with Gasteiger partial charge in [0, 0.05) is 51.5 Å². The van der Waals surface area contributed by atoms with E-state index in [-0.39, 0.29) is 0 Å². The maximum atomic E-state index is 6.11. The Labute approximate surface area is 284 Å². The molecule has 0 spiro atoms. The average Bonchev–Trinajstić information content (AvgIpc) is 3.13. The number of hydrogen-bond acceptors (Lipinski definition) is 6. The van der Waals surface area contributed by atoms with Crippen LogP contribution in [0.2, 0.25) is 36.3 Å². The smallest absolute Gasteiger partial charge is 0.371 e. The molecule has 254 valence electrons. The predicted molar refractivity (Wildman–Crippen MR) is 201 cm³/mol. The molecular formula is C36H58O6Si4. The summed E-state index contributed by atoms with van der Waals surface area (Å²) in [5, 5.41) is 3.66. The number of rotatable bonds is 24. The summed E-state index contributed by atoms with van der Waals surface area (Å²) in [7, 11) is 2.72. The van der Waals surface area contributed by atoms with E-state index in [4.69, 9.17) is 26.6 Å². The maximum Gasteiger partial charge on any atom is 0.371 e. The van der Waals surface area contributed by atoms with Gasteiger partial charge in [0.05, 0.1) is 0 Å². The molecule has 0 N–H and O–H groups in total. The van der Waals surface area contributed by atoms with Crippen molar-refractivity contribution >= 4 is 50.0 Å². The summed E-state index contributed by atoms with van der Waals surface area (Å²) < 4.78 is 36.6. The Balaban J connectivity index is 1.60. The van der Waals surface area contributed by atoms with Gasteiger partial charge in [-0.15, -0.1) is 0 Å². The average molecular weight is 699 g/mol. The van der Waals surface area contributed by atoms with Gasteiger partial charge in [-0.25, -0.2) is 0 Å². The van der Waals surface area contributed by atoms with Crippen molar-refractivity contribution in [1.29, 1.82) is 0 Å². The Morgan fingerprint density at radius 2 is 0.609 bits per heavy atom. The molecule has 0 heterocycles. The summed E-state index contributed by atoms with van der Waals surface area (Å²) in [5.74, 6) is 0. The Morgan fingerprint density at radius 3 is 0.826 bits per heavy atom. The monoisotopic (exact) mass is 698 g/mol. The van der Waals surface area contributed by atoms with Gasteiger partial charge in [-0.3, -0.25) is 0 Å². The van der Waals surface area contributed by atoms with E-state index < -0.39 is 34.5 Å². The topological polar surface area (TPSA) is 55.4 Å². The summed E-state index contributed by atoms with van der Waals surface area (Å²) in [5.41, 5.74) is 0. The van der Waals surface area contributed by atoms with Crippen LogP contribution in [0.25, 0.3) is 0 Å². The highest BCUT2D eigenvalue weighted by molar-refractivity contribution is 6.82. The Morgan fingerprint density at radius 1 is 0.370 bits per heavy atom. The van der Waals surface area contributed by atoms with Crippen molar-refractivity contribution in [3.63, 3.8) is 0 Å². The van der Waals surface area contributed by atoms with E-state index in [1.54, 1.807) is 0 Å². The quantitative estimate of drug-likeness (QED) is 0.0789. The van der Waals surface area contributed by atoms with E-state index in [1.807, 2.05) is 42.7 Å². The van der Waals surface area contributed by atoms with Crippen molar-refractivity contribution in [3.8, 4) is 0 Å². The normalized spacial score (nSPS) is 12.6. The fraction of sp³-hybridized carbons (Fsp3) is 0.500. The minimum absolute atomic E-state index is 0.964. The first-order valence-electron chi connectivity index (χ1n) is 16.9. The summed E-state index contributed by atoms with van der Waals surface area (Å²) in [4.78, 5) is 0. The first-order chi connectivity index (χ1) is 22.5. The van der Waals surface area contributed by atoms with Crippen LogP contribution in [0.1, 0.15) is 38.5 Å². The third-order valence-corrected chi connectivity index (χ3v) is 24.0. The lowest BCUT2D eigenvalue weighted by Crippen LogP contribution is -2.52. The zero-order chi connectivity index (χ0) is 33.1. The molecule has 46 heavy (non-hydrogen) atoms. The first-order valence-corrected chi connectivity index (χ1v) is 25.5. The lowest BCUT2D eigenvalue weighted by atomic mass is 10.4. The highest BCUT2D eigenvalue weighted by Crippen LogP contribution is 2.25. The van der Waals surface area contributed by atoms with E-state index in [1.165, 1.54) is 53.0 Å². The molecule has 0 saturated carbocycles. The minimum Gasteiger partial charge on any atom is -0.394 e. The van der Waals surface area contributed by atoms with Crippen molar-refractivity contribution in [1.82, 2.24) is 0 Å². The van der Waals surface area contributed by atoms with Gasteiger partial charge in [-0.1, -0.05) is 148 Å². The number of hydrogen-bond donors (Lipinski definition) is 0. The number of unbranched alkanes of at least 4 members (excludes halogenated alkanes) is 3. The number of benzene rings is 3. The van der Waals surface area contributed by atoms with E-state index in [0.29, 0.717) is 0 Å². The second-order valence-electron chi connectivity index (χ2n) is 12.2. The molecule has 10 heteroatoms. The molecule has 0 atom stereocenters. The van der Waals surface area contributed by atoms with Crippen molar-refractivity contribution in [2.45, 2.75) is 74.8 Å². The van der Waals surface area contributed by atoms with E-state index in [9.17, 15) is 0 Å². The molecule has 0 aromatic heterocycles. The van der Waals surface area contributed by atoms with Crippen LogP contribution in [0.15, 0.2) is 91.0 Å². The fourth-order valence-electron chi connectivity index (χ4n) is 6.88. The van der Waals surface area contributed by atoms with Crippen molar-refractivity contribution in [2.24, 2.45) is 0 Å². The van der Waals surface area contributed by atoms with Gasteiger partial charge in [0.2, 0.25) is 0 Å². The van der Waals surface area contributed by atoms with Crippen LogP contribution >= 0.6 is 0 Å². The Bertz CT molecular complexity index is 1040. The molecule has 0 aliphatic heterocycles. The van der Waals surface area contributed by atoms with Crippen LogP contribution in [0, 0.1) is 0 Å². The van der Waals surface area contributed by atoms with Gasteiger partial charge >= 0.3 is 25.7 Å². The first kappa shape index (κ1) is 38.7. The van der Waals surface area contributed by atoms with Crippen LogP contribution in [0.4, 0.5) is 0 Å². The third-order valence-electron chi connectivity index (χ3n) is 9.72. The van der Waals surface area contributed by atoms with Crippen LogP contribution in [0.3, 0.4) is 0 Å². The maximum absolute atomic E-state index is 6.11. The molecular weight excluding hydrogens is 641 g/mol. The van der Waals surface area contributed by atoms with Crippen LogP contribution in [-0.4, -0.2) is 77.1 Å². The molecule has 3 aromatic carbocycles. The molecule has 0 unspecified atom stereocenters. The Kier molecular flexibility index (Phi) is 17.4. The zero-order valence-corrected chi connectivity index (χ0v) is 33.3. The molecule has 0 radical (unpaired) electrons. The van der Waals surface area contributed by atoms with Crippen LogP contribution in [0.5, 0.6) is 0 Å². The highest BCUT2D eigenvalue weighted by atomic mass is 28.4. The lowest BCUT2D eigenvalue weighted by molar-refractivity contribution is 0.256. The standard InChI is InChI=1S/C36H58O6Si4/c1-37-44(38-2,34-22-10-7-11-23-34)31-19-16-28-43(29-17-20-32-45(39-3,40-4)35-24-12-8-13-25-35)30-18-21-33-46(41-5,42-6)36-26-14-9-15-27-36/h7-15,22-27,43H,16-21,28-33H2,1-6H3. The molecule has 0 amide bonds. The van der Waals surface area contributed by atoms with Gasteiger partial charge in [0.25, 0.3) is 0 Å². The van der Waals surface area contributed by atoms with Gasteiger partial charge in [0.1, 0.15) is 0 Å². The van der Waals surface area contributed by atoms with E-state index >= 15 is 0 Å². The molecule has 6 nitrogen and oxygen atoms in total. The van der Waals surface area contributed by atoms with E-state index in [0.717, 1.165) is 37.4 Å². The lowest BCUT2D eigenvalue weighted by Gasteiger charge is -2.29. The summed E-state index contributed by atoms with van der Waals surface area (Å²) in [6.45, 7) is 0. The van der Waals surface area contributed by atoms with Gasteiger partial charge in [-0.2, -0.15) is 0 Å². The molecule has 0 aliphatic rings. The van der Waals surface area contributed by atoms with Crippen LogP contribution in [-0.2, 0) is 26.6 Å². The summed E-state index contributed by atoms with van der Waals surface area (Å²) >= 11 is 0. The second kappa shape index (κ2) is 20.6. The van der Waals surface area contributed by atoms with Gasteiger partial charge < -0.3 is 26.6 Å². The molecule has 0 bridgehead atoms. The van der Waals surface area contributed by atoms with Gasteiger partial charge in [0.15, 0.2) is 0 Å². The SMILES string of the molecule is CO[Si](CCCC[SiH](CCCC[Si](OC)(OC)c1ccccc1)CCCC[Si](OC)(OC)c1ccccc1)(OC)c1ccccc1. The summed E-state index contributed by atoms with van der Waals surface area (Å²) in [6.07, 6.45) is 7.14. The van der Waals surface area contributed by atoms with Crippen molar-refractivity contribution in [2.75, 3.05) is 42.7 Å². The fourth-order valence-corrected chi connectivity index (χ4v) is 18.6. The van der Waals surface area contributed by atoms with Crippen LogP contribution < -0.4 is 15.6 Å². The molecule has 3 rings (SSSR count).